The van der Waals surface area contributed by atoms with Crippen LogP contribution in [0.3, 0.4) is 0 Å². The van der Waals surface area contributed by atoms with Crippen LogP contribution in [0.1, 0.15) is 30.8 Å². The molecule has 0 aliphatic carbocycles. The quantitative estimate of drug-likeness (QED) is 0.886. The summed E-state index contributed by atoms with van der Waals surface area (Å²) in [6.45, 7) is 2.47. The van der Waals surface area contributed by atoms with Crippen LogP contribution in [0.4, 0.5) is 13.2 Å². The molecule has 1 spiro atoms. The van der Waals surface area contributed by atoms with Crippen LogP contribution in [-0.2, 0) is 17.5 Å². The molecule has 0 aromatic carbocycles. The lowest BCUT2D eigenvalue weighted by molar-refractivity contribution is -0.145. The van der Waals surface area contributed by atoms with Gasteiger partial charge in [-0.3, -0.25) is 4.79 Å². The Labute approximate surface area is 138 Å². The van der Waals surface area contributed by atoms with E-state index in [1.807, 2.05) is 0 Å². The Morgan fingerprint density at radius 2 is 2.00 bits per heavy atom. The molecule has 1 N–H and O–H groups in total. The summed E-state index contributed by atoms with van der Waals surface area (Å²) in [5.41, 5.74) is 0.198. The van der Waals surface area contributed by atoms with Crippen molar-refractivity contribution in [2.24, 2.45) is 5.41 Å². The number of nitrogens with one attached hydrogen (secondary N) is 1. The molecular weight excluding hydrogens is 333 g/mol. The zero-order chi connectivity index (χ0) is 15.8. The van der Waals surface area contributed by atoms with E-state index in [2.05, 4.69) is 15.3 Å². The van der Waals surface area contributed by atoms with Gasteiger partial charge in [-0.15, -0.1) is 12.4 Å². The number of aromatic nitrogens is 2. The molecule has 23 heavy (non-hydrogen) atoms. The first kappa shape index (κ1) is 17.9. The highest BCUT2D eigenvalue weighted by Crippen LogP contribution is 2.39. The highest BCUT2D eigenvalue weighted by Gasteiger charge is 2.43. The number of alkyl halides is 3. The summed E-state index contributed by atoms with van der Waals surface area (Å²) >= 11 is 0. The third kappa shape index (κ3) is 3.92. The van der Waals surface area contributed by atoms with E-state index in [1.165, 1.54) is 6.07 Å². The number of carbonyl (C=O) groups excluding carboxylic acids is 1. The molecule has 2 fully saturated rings. The summed E-state index contributed by atoms with van der Waals surface area (Å²) in [4.78, 5) is 20.6. The molecule has 5 nitrogen and oxygen atoms in total. The summed E-state index contributed by atoms with van der Waals surface area (Å²) in [5.74, 6) is -1.16. The van der Waals surface area contributed by atoms with Crippen molar-refractivity contribution < 1.29 is 18.0 Å². The molecule has 2 aliphatic rings. The first-order chi connectivity index (χ1) is 10.4. The van der Waals surface area contributed by atoms with E-state index in [4.69, 9.17) is 0 Å². The van der Waals surface area contributed by atoms with Gasteiger partial charge in [0.05, 0.1) is 12.2 Å². The molecule has 1 aromatic rings. The van der Waals surface area contributed by atoms with Crippen LogP contribution in [0.15, 0.2) is 12.3 Å². The number of amides is 1. The Morgan fingerprint density at radius 1 is 1.30 bits per heavy atom. The van der Waals surface area contributed by atoms with Crippen molar-refractivity contribution in [2.75, 3.05) is 19.6 Å². The molecular formula is C14H18ClF3N4O. The summed E-state index contributed by atoms with van der Waals surface area (Å²) in [6, 6.07) is 1.43. The van der Waals surface area contributed by atoms with Crippen molar-refractivity contribution in [3.63, 3.8) is 0 Å². The lowest BCUT2D eigenvalue weighted by atomic mass is 9.78. The average Bonchev–Trinajstić information content (AvgIpc) is 2.74. The first-order valence-corrected chi connectivity index (χ1v) is 7.26. The molecule has 0 saturated carbocycles. The van der Waals surface area contributed by atoms with Gasteiger partial charge >= 0.3 is 6.18 Å². The zero-order valence-electron chi connectivity index (χ0n) is 12.4. The molecule has 9 heteroatoms. The molecule has 1 aromatic heterocycles. The third-order valence-electron chi connectivity index (χ3n) is 4.39. The third-order valence-corrected chi connectivity index (χ3v) is 4.39. The summed E-state index contributed by atoms with van der Waals surface area (Å²) in [7, 11) is 0. The Hall–Kier alpha value is -1.41. The number of halogens is 4. The van der Waals surface area contributed by atoms with E-state index in [1.54, 1.807) is 4.90 Å². The van der Waals surface area contributed by atoms with Crippen molar-refractivity contribution in [3.05, 3.63) is 23.8 Å². The fraction of sp³-hybridized carbons (Fsp3) is 0.643. The molecule has 0 unspecified atom stereocenters. The predicted molar refractivity (Wildman–Crippen MR) is 78.9 cm³/mol. The second-order valence-electron chi connectivity index (χ2n) is 6.05. The zero-order valence-corrected chi connectivity index (χ0v) is 13.2. The standard InChI is InChI=1S/C14H17F3N4O.ClH/c15-14(16,17)12-19-4-1-10(20-12)8-21-9-13(7-11(21)22)2-5-18-6-3-13;/h1,4,18H,2-3,5-9H2;1H. The van der Waals surface area contributed by atoms with E-state index in [-0.39, 0.29) is 36.0 Å². The van der Waals surface area contributed by atoms with Gasteiger partial charge in [0.1, 0.15) is 0 Å². The number of hydrogen-bond acceptors (Lipinski definition) is 4. The normalized spacial score (nSPS) is 20.7. The molecule has 3 heterocycles. The number of likely N-dealkylation sites (tertiary alicyclic amines) is 1. The van der Waals surface area contributed by atoms with Gasteiger partial charge < -0.3 is 10.2 Å². The van der Waals surface area contributed by atoms with Crippen molar-refractivity contribution in [3.8, 4) is 0 Å². The monoisotopic (exact) mass is 350 g/mol. The van der Waals surface area contributed by atoms with E-state index in [9.17, 15) is 18.0 Å². The topological polar surface area (TPSA) is 58.1 Å². The lowest BCUT2D eigenvalue weighted by Gasteiger charge is -2.33. The minimum atomic E-state index is -4.57. The Balaban J connectivity index is 0.00000192. The van der Waals surface area contributed by atoms with Crippen LogP contribution in [0, 0.1) is 5.41 Å². The Bertz CT molecular complexity index is 575. The van der Waals surface area contributed by atoms with Crippen molar-refractivity contribution in [1.82, 2.24) is 20.2 Å². The number of carbonyl (C=O) groups is 1. The summed E-state index contributed by atoms with van der Waals surface area (Å²) < 4.78 is 37.9. The predicted octanol–water partition coefficient (Wildman–Crippen LogP) is 2.02. The van der Waals surface area contributed by atoms with E-state index < -0.39 is 12.0 Å². The number of piperidine rings is 1. The average molecular weight is 351 g/mol. The van der Waals surface area contributed by atoms with Crippen LogP contribution in [0.2, 0.25) is 0 Å². The van der Waals surface area contributed by atoms with Crippen molar-refractivity contribution in [1.29, 1.82) is 0 Å². The van der Waals surface area contributed by atoms with Gasteiger partial charge in [0.2, 0.25) is 11.7 Å². The SMILES string of the molecule is Cl.O=C1CC2(CCNCC2)CN1Cc1ccnc(C(F)(F)F)n1. The molecule has 2 saturated heterocycles. The van der Waals surface area contributed by atoms with E-state index >= 15 is 0 Å². The van der Waals surface area contributed by atoms with Crippen LogP contribution >= 0.6 is 12.4 Å². The van der Waals surface area contributed by atoms with E-state index in [0.29, 0.717) is 13.0 Å². The Kier molecular flexibility index (Phi) is 5.15. The summed E-state index contributed by atoms with van der Waals surface area (Å²) in [5, 5.41) is 3.26. The molecule has 0 atom stereocenters. The molecule has 2 aliphatic heterocycles. The molecule has 0 radical (unpaired) electrons. The van der Waals surface area contributed by atoms with Gasteiger partial charge in [0.15, 0.2) is 0 Å². The van der Waals surface area contributed by atoms with Crippen LogP contribution < -0.4 is 5.32 Å². The summed E-state index contributed by atoms with van der Waals surface area (Å²) in [6.07, 6.45) is -1.15. The fourth-order valence-corrected chi connectivity index (χ4v) is 3.23. The maximum absolute atomic E-state index is 12.6. The van der Waals surface area contributed by atoms with Gasteiger partial charge in [0, 0.05) is 19.2 Å². The second-order valence-corrected chi connectivity index (χ2v) is 6.05. The van der Waals surface area contributed by atoms with Crippen molar-refractivity contribution in [2.45, 2.75) is 32.0 Å². The van der Waals surface area contributed by atoms with Crippen LogP contribution in [0.25, 0.3) is 0 Å². The molecule has 0 bridgehead atoms. The molecule has 1 amide bonds. The number of rotatable bonds is 2. The van der Waals surface area contributed by atoms with Crippen LogP contribution in [0.5, 0.6) is 0 Å². The smallest absolute Gasteiger partial charge is 0.336 e. The highest BCUT2D eigenvalue weighted by atomic mass is 35.5. The second kappa shape index (κ2) is 6.60. The number of nitrogens with zero attached hydrogens (tertiary/aromatic N) is 3. The van der Waals surface area contributed by atoms with Gasteiger partial charge in [-0.25, -0.2) is 9.97 Å². The minimum Gasteiger partial charge on any atom is -0.336 e. The van der Waals surface area contributed by atoms with Crippen LogP contribution in [-0.4, -0.2) is 40.4 Å². The van der Waals surface area contributed by atoms with Crippen molar-refractivity contribution >= 4 is 18.3 Å². The molecule has 3 rings (SSSR count). The maximum atomic E-state index is 12.6. The number of hydrogen-bond donors (Lipinski definition) is 1. The van der Waals surface area contributed by atoms with Gasteiger partial charge in [0.25, 0.3) is 0 Å². The van der Waals surface area contributed by atoms with Gasteiger partial charge in [-0.2, -0.15) is 13.2 Å². The Morgan fingerprint density at radius 3 is 2.65 bits per heavy atom. The first-order valence-electron chi connectivity index (χ1n) is 7.26. The largest absolute Gasteiger partial charge is 0.451 e. The minimum absolute atomic E-state index is 0. The lowest BCUT2D eigenvalue weighted by Crippen LogP contribution is -2.38. The molecule has 128 valence electrons. The van der Waals surface area contributed by atoms with Gasteiger partial charge in [-0.1, -0.05) is 0 Å². The highest BCUT2D eigenvalue weighted by molar-refractivity contribution is 5.85. The van der Waals surface area contributed by atoms with Gasteiger partial charge in [-0.05, 0) is 37.4 Å². The van der Waals surface area contributed by atoms with E-state index in [0.717, 1.165) is 32.1 Å². The fourth-order valence-electron chi connectivity index (χ4n) is 3.23. The maximum Gasteiger partial charge on any atom is 0.451 e.